The van der Waals surface area contributed by atoms with Crippen molar-refractivity contribution in [2.75, 3.05) is 0 Å². The Morgan fingerprint density at radius 3 is 2.68 bits per heavy atom. The van der Waals surface area contributed by atoms with Crippen LogP contribution in [0.25, 0.3) is 0 Å². The van der Waals surface area contributed by atoms with Gasteiger partial charge in [0.2, 0.25) is 11.0 Å². The van der Waals surface area contributed by atoms with Crippen molar-refractivity contribution in [2.45, 2.75) is 38.3 Å². The van der Waals surface area contributed by atoms with E-state index in [1.165, 1.54) is 4.90 Å². The molecule has 0 radical (unpaired) electrons. The quantitative estimate of drug-likeness (QED) is 0.767. The van der Waals surface area contributed by atoms with Crippen LogP contribution in [0.5, 0.6) is 0 Å². The number of hydrogen-bond acceptors (Lipinski definition) is 3. The maximum Gasteiger partial charge on any atom is 0.251 e. The summed E-state index contributed by atoms with van der Waals surface area (Å²) in [4.78, 5) is 31.4. The lowest BCUT2D eigenvalue weighted by molar-refractivity contribution is -0.129. The number of nitrogens with zero attached hydrogens (tertiary/aromatic N) is 2. The largest absolute Gasteiger partial charge is 0.349 e. The second kappa shape index (κ2) is 7.97. The van der Waals surface area contributed by atoms with Crippen molar-refractivity contribution in [1.29, 1.82) is 0 Å². The molecule has 0 spiro atoms. The van der Waals surface area contributed by atoms with Crippen LogP contribution in [-0.4, -0.2) is 33.6 Å². The molecular formula is C21H20ClN3O2S. The number of carbonyl (C=O) groups excluding carboxylic acids is 2. The number of amides is 2. The zero-order valence-corrected chi connectivity index (χ0v) is 16.8. The van der Waals surface area contributed by atoms with Crippen LogP contribution in [0.2, 0.25) is 5.02 Å². The van der Waals surface area contributed by atoms with Gasteiger partial charge in [-0.25, -0.2) is 4.99 Å². The van der Waals surface area contributed by atoms with E-state index in [0.29, 0.717) is 22.9 Å². The van der Waals surface area contributed by atoms with E-state index in [0.717, 1.165) is 31.2 Å². The van der Waals surface area contributed by atoms with Crippen LogP contribution in [0.4, 0.5) is 0 Å². The number of allylic oxidation sites excluding steroid dienone is 1. The van der Waals surface area contributed by atoms with Crippen molar-refractivity contribution in [3.05, 3.63) is 58.7 Å². The van der Waals surface area contributed by atoms with Crippen LogP contribution in [-0.2, 0) is 16.1 Å². The average molecular weight is 414 g/mol. The molecule has 1 unspecified atom stereocenters. The Morgan fingerprint density at radius 1 is 1.25 bits per heavy atom. The molecule has 0 aromatic heterocycles. The highest BCUT2D eigenvalue weighted by molar-refractivity contribution is 7.80. The topological polar surface area (TPSA) is 61.8 Å². The van der Waals surface area contributed by atoms with E-state index in [2.05, 4.69) is 10.3 Å². The minimum atomic E-state index is -0.512. The zero-order chi connectivity index (χ0) is 19.7. The minimum Gasteiger partial charge on any atom is -0.349 e. The molecule has 28 heavy (non-hydrogen) atoms. The lowest BCUT2D eigenvalue weighted by atomic mass is 9.91. The fourth-order valence-corrected chi connectivity index (χ4v) is 4.12. The summed E-state index contributed by atoms with van der Waals surface area (Å²) in [5.41, 5.74) is 1.97. The molecule has 144 valence electrons. The summed E-state index contributed by atoms with van der Waals surface area (Å²) in [5, 5.41) is 3.92. The Kier molecular flexibility index (Phi) is 5.42. The van der Waals surface area contributed by atoms with Gasteiger partial charge in [-0.1, -0.05) is 48.7 Å². The molecule has 5 nitrogen and oxygen atoms in total. The molecule has 1 fully saturated rings. The number of aliphatic imine (C=N–C) groups is 1. The number of fused-ring (bicyclic) bond motifs is 1. The summed E-state index contributed by atoms with van der Waals surface area (Å²) in [7, 11) is 0. The SMILES string of the molecule is O=C(NC1CCCC1)C1=CC2=NC(=S)N(Cc3ccc(Cl)cc3)C(=O)C2C=C1. The lowest BCUT2D eigenvalue weighted by Gasteiger charge is -2.31. The Labute approximate surface area is 174 Å². The first-order valence-electron chi connectivity index (χ1n) is 9.40. The molecule has 2 amide bonds. The number of benzene rings is 1. The van der Waals surface area contributed by atoms with Gasteiger partial charge in [0.15, 0.2) is 0 Å². The van der Waals surface area contributed by atoms with Crippen molar-refractivity contribution in [3.63, 3.8) is 0 Å². The fourth-order valence-electron chi connectivity index (χ4n) is 3.74. The first-order chi connectivity index (χ1) is 13.5. The van der Waals surface area contributed by atoms with Crippen molar-refractivity contribution < 1.29 is 9.59 Å². The Bertz CT molecular complexity index is 914. The van der Waals surface area contributed by atoms with Gasteiger partial charge in [-0.3, -0.25) is 14.5 Å². The Hall–Kier alpha value is -2.31. The van der Waals surface area contributed by atoms with Gasteiger partial charge in [-0.15, -0.1) is 0 Å². The van der Waals surface area contributed by atoms with Gasteiger partial charge in [-0.2, -0.15) is 0 Å². The average Bonchev–Trinajstić information content (AvgIpc) is 3.19. The third-order valence-electron chi connectivity index (χ3n) is 5.28. The highest BCUT2D eigenvalue weighted by Gasteiger charge is 2.35. The molecule has 1 aliphatic heterocycles. The number of hydrogen-bond donors (Lipinski definition) is 1. The van der Waals surface area contributed by atoms with E-state index in [9.17, 15) is 9.59 Å². The van der Waals surface area contributed by atoms with Gasteiger partial charge in [0.05, 0.1) is 18.2 Å². The predicted octanol–water partition coefficient (Wildman–Crippen LogP) is 3.58. The molecule has 1 aromatic rings. The maximum atomic E-state index is 12.9. The second-order valence-corrected chi connectivity index (χ2v) is 8.06. The van der Waals surface area contributed by atoms with Crippen molar-refractivity contribution in [3.8, 4) is 0 Å². The number of thiocarbonyl (C=S) groups is 1. The van der Waals surface area contributed by atoms with E-state index in [1.807, 2.05) is 12.1 Å². The standard InChI is InChI=1S/C21H20ClN3O2S/c22-15-8-5-13(6-9-15)12-25-20(27)17-10-7-14(11-18(17)24-21(25)28)19(26)23-16-3-1-2-4-16/h5-11,16-17H,1-4,12H2,(H,23,26). The minimum absolute atomic E-state index is 0.119. The Balaban J connectivity index is 1.50. The monoisotopic (exact) mass is 413 g/mol. The molecule has 1 aromatic carbocycles. The summed E-state index contributed by atoms with van der Waals surface area (Å²) in [6.07, 6.45) is 9.48. The van der Waals surface area contributed by atoms with E-state index in [1.54, 1.807) is 30.4 Å². The molecule has 0 bridgehead atoms. The molecule has 1 heterocycles. The molecule has 1 saturated carbocycles. The summed E-state index contributed by atoms with van der Waals surface area (Å²) in [5.74, 6) is -0.763. The highest BCUT2D eigenvalue weighted by atomic mass is 35.5. The van der Waals surface area contributed by atoms with Gasteiger partial charge < -0.3 is 5.32 Å². The summed E-state index contributed by atoms with van der Waals surface area (Å²) in [6.45, 7) is 0.342. The first-order valence-corrected chi connectivity index (χ1v) is 10.2. The smallest absolute Gasteiger partial charge is 0.251 e. The third kappa shape index (κ3) is 3.93. The molecule has 3 aliphatic rings. The number of rotatable bonds is 4. The molecule has 0 saturated heterocycles. The van der Waals surface area contributed by atoms with Crippen molar-refractivity contribution in [1.82, 2.24) is 10.2 Å². The fraction of sp³-hybridized carbons (Fsp3) is 0.333. The van der Waals surface area contributed by atoms with Crippen LogP contribution in [0.1, 0.15) is 31.2 Å². The molecule has 1 N–H and O–H groups in total. The summed E-state index contributed by atoms with van der Waals surface area (Å²) < 4.78 is 0. The zero-order valence-electron chi connectivity index (χ0n) is 15.2. The van der Waals surface area contributed by atoms with Gasteiger partial charge >= 0.3 is 0 Å². The Morgan fingerprint density at radius 2 is 1.96 bits per heavy atom. The van der Waals surface area contributed by atoms with Crippen LogP contribution in [0.15, 0.2) is 53.1 Å². The van der Waals surface area contributed by atoms with Gasteiger partial charge in [0.1, 0.15) is 0 Å². The number of nitrogens with one attached hydrogen (secondary N) is 1. The second-order valence-electron chi connectivity index (χ2n) is 7.26. The maximum absolute atomic E-state index is 12.9. The van der Waals surface area contributed by atoms with Crippen LogP contribution in [0.3, 0.4) is 0 Å². The molecule has 2 aliphatic carbocycles. The number of carbonyl (C=O) groups is 2. The molecule has 4 rings (SSSR count). The third-order valence-corrected chi connectivity index (χ3v) is 5.85. The van der Waals surface area contributed by atoms with Crippen molar-refractivity contribution >= 4 is 46.5 Å². The van der Waals surface area contributed by atoms with Crippen LogP contribution in [0, 0.1) is 5.92 Å². The highest BCUT2D eigenvalue weighted by Crippen LogP contribution is 2.25. The van der Waals surface area contributed by atoms with Gasteiger partial charge in [-0.05, 0) is 48.8 Å². The van der Waals surface area contributed by atoms with E-state index < -0.39 is 5.92 Å². The van der Waals surface area contributed by atoms with Gasteiger partial charge in [0.25, 0.3) is 5.91 Å². The van der Waals surface area contributed by atoms with Crippen molar-refractivity contribution in [2.24, 2.45) is 10.9 Å². The first kappa shape index (κ1) is 19.0. The summed E-state index contributed by atoms with van der Waals surface area (Å²) in [6, 6.07) is 7.52. The van der Waals surface area contributed by atoms with E-state index >= 15 is 0 Å². The van der Waals surface area contributed by atoms with E-state index in [4.69, 9.17) is 23.8 Å². The van der Waals surface area contributed by atoms with Crippen LogP contribution < -0.4 is 5.32 Å². The van der Waals surface area contributed by atoms with E-state index in [-0.39, 0.29) is 23.0 Å². The number of halogens is 1. The predicted molar refractivity (Wildman–Crippen MR) is 113 cm³/mol. The molecule has 7 heteroatoms. The molecular weight excluding hydrogens is 394 g/mol. The molecule has 1 atom stereocenters. The van der Waals surface area contributed by atoms with Gasteiger partial charge in [0, 0.05) is 16.6 Å². The van der Waals surface area contributed by atoms with Crippen LogP contribution >= 0.6 is 23.8 Å². The summed E-state index contributed by atoms with van der Waals surface area (Å²) >= 11 is 11.3. The normalized spacial score (nSPS) is 22.0. The lowest BCUT2D eigenvalue weighted by Crippen LogP contribution is -2.46.